The van der Waals surface area contributed by atoms with Gasteiger partial charge in [-0.15, -0.1) is 0 Å². The normalized spacial score (nSPS) is 12.3. The molecule has 40 heavy (non-hydrogen) atoms. The van der Waals surface area contributed by atoms with E-state index < -0.39 is 28.5 Å². The fourth-order valence-electron chi connectivity index (χ4n) is 4.26. The predicted octanol–water partition coefficient (Wildman–Crippen LogP) is 5.41. The van der Waals surface area contributed by atoms with E-state index >= 15 is 0 Å². The van der Waals surface area contributed by atoms with Crippen LogP contribution in [0.3, 0.4) is 0 Å². The zero-order chi connectivity index (χ0) is 28.5. The number of carboxylic acids is 1. The summed E-state index contributed by atoms with van der Waals surface area (Å²) >= 11 is 6.12. The van der Waals surface area contributed by atoms with E-state index in [9.17, 15) is 18.3 Å². The van der Waals surface area contributed by atoms with Gasteiger partial charge in [0.15, 0.2) is 6.61 Å². The van der Waals surface area contributed by atoms with E-state index in [0.29, 0.717) is 31.1 Å². The van der Waals surface area contributed by atoms with E-state index in [1.54, 1.807) is 36.4 Å². The number of nitrogens with zero attached hydrogens (tertiary/aromatic N) is 1. The first-order valence-corrected chi connectivity index (χ1v) is 14.6. The average molecular weight is 580 g/mol. The number of hydrogen-bond acceptors (Lipinski definition) is 6. The number of halogens is 1. The fourth-order valence-corrected chi connectivity index (χ4v) is 5.72. The van der Waals surface area contributed by atoms with Crippen molar-refractivity contribution in [3.63, 3.8) is 0 Å². The molecule has 0 heterocycles. The van der Waals surface area contributed by atoms with Gasteiger partial charge in [-0.1, -0.05) is 66.2 Å². The molecule has 0 aliphatic carbocycles. The van der Waals surface area contributed by atoms with Gasteiger partial charge in [0.05, 0.1) is 15.9 Å². The second-order valence-electron chi connectivity index (χ2n) is 9.34. The van der Waals surface area contributed by atoms with Crippen molar-refractivity contribution in [2.75, 3.05) is 19.7 Å². The van der Waals surface area contributed by atoms with E-state index in [4.69, 9.17) is 21.4 Å². The van der Waals surface area contributed by atoms with Crippen LogP contribution in [0.4, 0.5) is 0 Å². The molecule has 4 rings (SSSR count). The van der Waals surface area contributed by atoms with Gasteiger partial charge in [-0.25, -0.2) is 13.2 Å². The Hall–Kier alpha value is -3.69. The second-order valence-corrected chi connectivity index (χ2v) is 11.7. The minimum absolute atomic E-state index is 0.0898. The maximum atomic E-state index is 13.1. The molecule has 7 nitrogen and oxygen atoms in total. The SMILES string of the molecule is O=C(O)COc1ccc(S(=O)(=O)c2ccc(CCN(Cc3ccccc3)C[C@@H](O)c3cccc(Cl)c3)cc2)cc1. The Bertz CT molecular complexity index is 1510. The largest absolute Gasteiger partial charge is 0.482 e. The summed E-state index contributed by atoms with van der Waals surface area (Å²) in [5, 5.41) is 20.2. The lowest BCUT2D eigenvalue weighted by Gasteiger charge is -2.25. The maximum Gasteiger partial charge on any atom is 0.341 e. The highest BCUT2D eigenvalue weighted by Crippen LogP contribution is 2.24. The highest BCUT2D eigenvalue weighted by Gasteiger charge is 2.19. The van der Waals surface area contributed by atoms with E-state index in [0.717, 1.165) is 16.7 Å². The number of benzene rings is 4. The number of aliphatic hydroxyl groups excluding tert-OH is 1. The summed E-state index contributed by atoms with van der Waals surface area (Å²) in [5.74, 6) is -0.838. The summed E-state index contributed by atoms with van der Waals surface area (Å²) in [7, 11) is -3.75. The fraction of sp³-hybridized carbons (Fsp3) is 0.194. The Morgan fingerprint density at radius 2 is 1.50 bits per heavy atom. The van der Waals surface area contributed by atoms with Gasteiger partial charge in [-0.05, 0) is 71.6 Å². The molecule has 0 spiro atoms. The van der Waals surface area contributed by atoms with Crippen LogP contribution in [0.1, 0.15) is 22.8 Å². The van der Waals surface area contributed by atoms with Gasteiger partial charge in [0.1, 0.15) is 5.75 Å². The summed E-state index contributed by atoms with van der Waals surface area (Å²) in [5.41, 5.74) is 2.84. The molecule has 9 heteroatoms. The number of sulfone groups is 1. The third kappa shape index (κ3) is 8.16. The van der Waals surface area contributed by atoms with Gasteiger partial charge in [0.2, 0.25) is 9.84 Å². The molecule has 0 radical (unpaired) electrons. The summed E-state index contributed by atoms with van der Waals surface area (Å²) in [6.45, 7) is 1.21. The van der Waals surface area contributed by atoms with Gasteiger partial charge < -0.3 is 14.9 Å². The van der Waals surface area contributed by atoms with Gasteiger partial charge in [-0.3, -0.25) is 4.90 Å². The molecule has 4 aromatic carbocycles. The molecule has 0 saturated heterocycles. The Morgan fingerprint density at radius 1 is 0.850 bits per heavy atom. The van der Waals surface area contributed by atoms with Crippen molar-refractivity contribution in [2.45, 2.75) is 28.9 Å². The molecule has 2 N–H and O–H groups in total. The predicted molar refractivity (Wildman–Crippen MR) is 153 cm³/mol. The molecule has 0 bridgehead atoms. The first kappa shape index (κ1) is 29.3. The lowest BCUT2D eigenvalue weighted by Crippen LogP contribution is -2.30. The van der Waals surface area contributed by atoms with Crippen molar-refractivity contribution in [3.05, 3.63) is 125 Å². The zero-order valence-electron chi connectivity index (χ0n) is 21.7. The number of hydrogen-bond donors (Lipinski definition) is 2. The van der Waals surface area contributed by atoms with Gasteiger partial charge in [0, 0.05) is 24.7 Å². The average Bonchev–Trinajstić information content (AvgIpc) is 2.96. The minimum atomic E-state index is -3.75. The van der Waals surface area contributed by atoms with E-state index in [1.165, 1.54) is 24.3 Å². The Kier molecular flexibility index (Phi) is 9.95. The van der Waals surface area contributed by atoms with Crippen LogP contribution < -0.4 is 4.74 Å². The quantitative estimate of drug-likeness (QED) is 0.218. The Balaban J connectivity index is 1.43. The number of carbonyl (C=O) groups is 1. The van der Waals surface area contributed by atoms with Crippen molar-refractivity contribution in [3.8, 4) is 5.75 Å². The monoisotopic (exact) mass is 579 g/mol. The lowest BCUT2D eigenvalue weighted by molar-refractivity contribution is -0.139. The second kappa shape index (κ2) is 13.6. The van der Waals surface area contributed by atoms with Crippen LogP contribution in [0.2, 0.25) is 5.02 Å². The van der Waals surface area contributed by atoms with Crippen LogP contribution in [-0.2, 0) is 27.6 Å². The van der Waals surface area contributed by atoms with Crippen LogP contribution in [0.15, 0.2) is 113 Å². The zero-order valence-corrected chi connectivity index (χ0v) is 23.3. The molecule has 0 fully saturated rings. The first-order valence-electron chi connectivity index (χ1n) is 12.7. The molecular formula is C31H30ClNO6S. The minimum Gasteiger partial charge on any atom is -0.482 e. The van der Waals surface area contributed by atoms with Gasteiger partial charge in [-0.2, -0.15) is 0 Å². The van der Waals surface area contributed by atoms with Crippen molar-refractivity contribution in [1.29, 1.82) is 0 Å². The molecule has 0 unspecified atom stereocenters. The lowest BCUT2D eigenvalue weighted by atomic mass is 10.1. The van der Waals surface area contributed by atoms with Crippen LogP contribution in [-0.4, -0.2) is 49.2 Å². The molecule has 0 aliphatic heterocycles. The van der Waals surface area contributed by atoms with Crippen molar-refractivity contribution in [1.82, 2.24) is 4.90 Å². The molecule has 0 amide bonds. The number of rotatable bonds is 13. The highest BCUT2D eigenvalue weighted by atomic mass is 35.5. The van der Waals surface area contributed by atoms with Crippen LogP contribution in [0, 0.1) is 0 Å². The standard InChI is InChI=1S/C31H30ClNO6S/c32-26-8-4-7-25(19-26)30(34)21-33(20-24-5-2-1-3-6-24)18-17-23-9-13-28(14-10-23)40(37,38)29-15-11-27(12-16-29)39-22-31(35)36/h1-16,19,30,34H,17-18,20-22H2,(H,35,36)/t30-/m1/s1. The number of aliphatic hydroxyl groups is 1. The molecule has 208 valence electrons. The first-order chi connectivity index (χ1) is 19.2. The Morgan fingerprint density at radius 3 is 2.12 bits per heavy atom. The van der Waals surface area contributed by atoms with Crippen LogP contribution >= 0.6 is 11.6 Å². The smallest absolute Gasteiger partial charge is 0.341 e. The summed E-state index contributed by atoms with van der Waals surface area (Å²) in [6.07, 6.45) is -0.0544. The molecular weight excluding hydrogens is 550 g/mol. The van der Waals surface area contributed by atoms with Gasteiger partial charge in [0.25, 0.3) is 0 Å². The van der Waals surface area contributed by atoms with Crippen LogP contribution in [0.5, 0.6) is 5.75 Å². The third-order valence-corrected chi connectivity index (χ3v) is 8.38. The topological polar surface area (TPSA) is 104 Å². The van der Waals surface area contributed by atoms with Crippen molar-refractivity contribution >= 4 is 27.4 Å². The van der Waals surface area contributed by atoms with Crippen molar-refractivity contribution < 1.29 is 28.2 Å². The van der Waals surface area contributed by atoms with E-state index in [1.807, 2.05) is 42.5 Å². The number of ether oxygens (including phenoxy) is 1. The van der Waals surface area contributed by atoms with E-state index in [-0.39, 0.29) is 15.5 Å². The molecule has 4 aromatic rings. The summed E-state index contributed by atoms with van der Waals surface area (Å²) < 4.78 is 31.3. The van der Waals surface area contributed by atoms with Crippen molar-refractivity contribution in [2.24, 2.45) is 0 Å². The molecule has 1 atom stereocenters. The van der Waals surface area contributed by atoms with Crippen LogP contribution in [0.25, 0.3) is 0 Å². The number of carboxylic acid groups (broad SMARTS) is 1. The van der Waals surface area contributed by atoms with Gasteiger partial charge >= 0.3 is 5.97 Å². The molecule has 0 saturated carbocycles. The maximum absolute atomic E-state index is 13.1. The summed E-state index contributed by atoms with van der Waals surface area (Å²) in [6, 6.07) is 29.7. The van der Waals surface area contributed by atoms with E-state index in [2.05, 4.69) is 4.90 Å². The summed E-state index contributed by atoms with van der Waals surface area (Å²) in [4.78, 5) is 13.1. The molecule has 0 aliphatic rings. The number of aliphatic carboxylic acids is 1. The highest BCUT2D eigenvalue weighted by molar-refractivity contribution is 7.91. The molecule has 0 aromatic heterocycles. The Labute approximate surface area is 239 Å². The third-order valence-electron chi connectivity index (χ3n) is 6.36.